The minimum Gasteiger partial charge on any atom is -0.483 e. The van der Waals surface area contributed by atoms with Gasteiger partial charge in [0.05, 0.1) is 13.2 Å². The monoisotopic (exact) mass is 384 g/mol. The Morgan fingerprint density at radius 1 is 1.29 bits per heavy atom. The Kier molecular flexibility index (Phi) is 5.04. The summed E-state index contributed by atoms with van der Waals surface area (Å²) in [7, 11) is 0. The Bertz CT molecular complexity index is 865. The molecule has 8 heteroatoms. The first-order valence-corrected chi connectivity index (χ1v) is 9.38. The normalized spacial score (nSPS) is 17.6. The van der Waals surface area contributed by atoms with Crippen LogP contribution in [0.3, 0.4) is 0 Å². The second-order valence-corrected chi connectivity index (χ2v) is 7.48. The zero-order valence-corrected chi connectivity index (χ0v) is 16.1. The van der Waals surface area contributed by atoms with Crippen LogP contribution in [-0.4, -0.2) is 54.4 Å². The molecule has 8 nitrogen and oxygen atoms in total. The van der Waals surface area contributed by atoms with Crippen molar-refractivity contribution < 1.29 is 19.0 Å². The summed E-state index contributed by atoms with van der Waals surface area (Å²) in [6.07, 6.45) is 2.26. The SMILES string of the molecule is CC1(C)Cc2cccc(OCC(=O)Nc3cc(N4CCOCC4)ncn3)c2O1. The lowest BCUT2D eigenvalue weighted by atomic mass is 10.0. The summed E-state index contributed by atoms with van der Waals surface area (Å²) in [4.78, 5) is 22.8. The third-order valence-electron chi connectivity index (χ3n) is 4.67. The number of carbonyl (C=O) groups excluding carboxylic acids is 1. The molecule has 1 amide bonds. The van der Waals surface area contributed by atoms with Crippen LogP contribution in [-0.2, 0) is 16.0 Å². The van der Waals surface area contributed by atoms with E-state index in [2.05, 4.69) is 20.2 Å². The van der Waals surface area contributed by atoms with Gasteiger partial charge in [0, 0.05) is 31.1 Å². The van der Waals surface area contributed by atoms with Crippen LogP contribution in [0.5, 0.6) is 11.5 Å². The van der Waals surface area contributed by atoms with Gasteiger partial charge in [0.25, 0.3) is 5.91 Å². The van der Waals surface area contributed by atoms with Crippen molar-refractivity contribution in [3.8, 4) is 11.5 Å². The average Bonchev–Trinajstić information content (AvgIpc) is 3.01. The minimum atomic E-state index is -0.290. The molecule has 3 heterocycles. The van der Waals surface area contributed by atoms with E-state index in [4.69, 9.17) is 14.2 Å². The van der Waals surface area contributed by atoms with Gasteiger partial charge in [-0.3, -0.25) is 4.79 Å². The van der Waals surface area contributed by atoms with Gasteiger partial charge in [0.2, 0.25) is 0 Å². The number of amides is 1. The summed E-state index contributed by atoms with van der Waals surface area (Å²) >= 11 is 0. The third-order valence-corrected chi connectivity index (χ3v) is 4.67. The molecule has 1 fully saturated rings. The van der Waals surface area contributed by atoms with Gasteiger partial charge >= 0.3 is 0 Å². The van der Waals surface area contributed by atoms with E-state index in [1.54, 1.807) is 6.07 Å². The maximum absolute atomic E-state index is 12.3. The molecular weight excluding hydrogens is 360 g/mol. The van der Waals surface area contributed by atoms with Crippen LogP contribution < -0.4 is 19.7 Å². The summed E-state index contributed by atoms with van der Waals surface area (Å²) in [5.41, 5.74) is 0.829. The molecule has 0 saturated carbocycles. The number of carbonyl (C=O) groups is 1. The molecule has 1 aromatic carbocycles. The fourth-order valence-electron chi connectivity index (χ4n) is 3.40. The molecular formula is C20H24N4O4. The van der Waals surface area contributed by atoms with Crippen LogP contribution >= 0.6 is 0 Å². The van der Waals surface area contributed by atoms with Crippen LogP contribution in [0, 0.1) is 0 Å². The van der Waals surface area contributed by atoms with Gasteiger partial charge in [-0.25, -0.2) is 9.97 Å². The molecule has 0 unspecified atom stereocenters. The summed E-state index contributed by atoms with van der Waals surface area (Å²) < 4.78 is 17.0. The second-order valence-electron chi connectivity index (χ2n) is 7.48. The number of hydrogen-bond donors (Lipinski definition) is 1. The Morgan fingerprint density at radius 2 is 2.11 bits per heavy atom. The Labute approximate surface area is 163 Å². The molecule has 0 bridgehead atoms. The van der Waals surface area contributed by atoms with Crippen molar-refractivity contribution in [1.82, 2.24) is 9.97 Å². The maximum Gasteiger partial charge on any atom is 0.263 e. The highest BCUT2D eigenvalue weighted by atomic mass is 16.5. The number of hydrogen-bond acceptors (Lipinski definition) is 7. The molecule has 1 N–H and O–H groups in total. The van der Waals surface area contributed by atoms with Crippen molar-refractivity contribution in [3.05, 3.63) is 36.2 Å². The van der Waals surface area contributed by atoms with Crippen LogP contribution in [0.1, 0.15) is 19.4 Å². The van der Waals surface area contributed by atoms with E-state index in [-0.39, 0.29) is 18.1 Å². The van der Waals surface area contributed by atoms with E-state index in [0.717, 1.165) is 36.6 Å². The molecule has 0 radical (unpaired) electrons. The lowest BCUT2D eigenvalue weighted by Crippen LogP contribution is -2.36. The van der Waals surface area contributed by atoms with Gasteiger partial charge in [-0.05, 0) is 19.9 Å². The zero-order chi connectivity index (χ0) is 19.6. The number of para-hydroxylation sites is 1. The Hall–Kier alpha value is -2.87. The maximum atomic E-state index is 12.3. The summed E-state index contributed by atoms with van der Waals surface area (Å²) in [5.74, 6) is 2.22. The first-order valence-electron chi connectivity index (χ1n) is 9.38. The summed E-state index contributed by atoms with van der Waals surface area (Å²) in [6, 6.07) is 7.50. The van der Waals surface area contributed by atoms with E-state index in [9.17, 15) is 4.79 Å². The molecule has 0 atom stereocenters. The molecule has 4 rings (SSSR count). The smallest absolute Gasteiger partial charge is 0.263 e. The summed E-state index contributed by atoms with van der Waals surface area (Å²) in [5, 5.41) is 2.76. The molecule has 148 valence electrons. The Morgan fingerprint density at radius 3 is 2.93 bits per heavy atom. The first kappa shape index (κ1) is 18.5. The van der Waals surface area contributed by atoms with Crippen LogP contribution in [0.2, 0.25) is 0 Å². The first-order chi connectivity index (χ1) is 13.5. The van der Waals surface area contributed by atoms with Gasteiger partial charge in [0.15, 0.2) is 18.1 Å². The van der Waals surface area contributed by atoms with Crippen LogP contribution in [0.15, 0.2) is 30.6 Å². The fraction of sp³-hybridized carbons (Fsp3) is 0.450. The number of aromatic nitrogens is 2. The van der Waals surface area contributed by atoms with Crippen molar-refractivity contribution in [2.75, 3.05) is 43.1 Å². The number of benzene rings is 1. The standard InChI is InChI=1S/C20H24N4O4/c1-20(2)11-14-4-3-5-15(19(14)28-20)27-12-18(25)23-16-10-17(22-13-21-16)24-6-8-26-9-7-24/h3-5,10,13H,6-9,11-12H2,1-2H3,(H,21,22,23,25). The largest absolute Gasteiger partial charge is 0.483 e. The molecule has 28 heavy (non-hydrogen) atoms. The van der Waals surface area contributed by atoms with Gasteiger partial charge in [-0.15, -0.1) is 0 Å². The number of fused-ring (bicyclic) bond motifs is 1. The molecule has 1 aromatic heterocycles. The van der Waals surface area contributed by atoms with E-state index in [1.807, 2.05) is 32.0 Å². The fourth-order valence-corrected chi connectivity index (χ4v) is 3.40. The molecule has 1 saturated heterocycles. The van der Waals surface area contributed by atoms with E-state index in [0.29, 0.717) is 24.8 Å². The van der Waals surface area contributed by atoms with Crippen LogP contribution in [0.4, 0.5) is 11.6 Å². The zero-order valence-electron chi connectivity index (χ0n) is 16.1. The van der Waals surface area contributed by atoms with Gasteiger partial charge in [-0.1, -0.05) is 12.1 Å². The molecule has 2 aromatic rings. The number of rotatable bonds is 5. The number of nitrogens with zero attached hydrogens (tertiary/aromatic N) is 3. The van der Waals surface area contributed by atoms with E-state index >= 15 is 0 Å². The van der Waals surface area contributed by atoms with Gasteiger partial charge in [0.1, 0.15) is 23.6 Å². The van der Waals surface area contributed by atoms with Crippen LogP contribution in [0.25, 0.3) is 0 Å². The van der Waals surface area contributed by atoms with Crippen molar-refractivity contribution in [1.29, 1.82) is 0 Å². The predicted molar refractivity (Wildman–Crippen MR) is 104 cm³/mol. The van der Waals surface area contributed by atoms with Crippen molar-refractivity contribution in [2.45, 2.75) is 25.9 Å². The lowest BCUT2D eigenvalue weighted by Gasteiger charge is -2.27. The Balaban J connectivity index is 1.37. The number of nitrogens with one attached hydrogen (secondary N) is 1. The highest BCUT2D eigenvalue weighted by molar-refractivity contribution is 5.91. The van der Waals surface area contributed by atoms with E-state index in [1.165, 1.54) is 6.33 Å². The summed E-state index contributed by atoms with van der Waals surface area (Å²) in [6.45, 7) is 6.80. The van der Waals surface area contributed by atoms with Crippen molar-refractivity contribution >= 4 is 17.5 Å². The highest BCUT2D eigenvalue weighted by Gasteiger charge is 2.32. The average molecular weight is 384 g/mol. The molecule has 2 aliphatic heterocycles. The predicted octanol–water partition coefficient (Wildman–Crippen LogP) is 2.04. The molecule has 0 spiro atoms. The van der Waals surface area contributed by atoms with Gasteiger partial charge < -0.3 is 24.4 Å². The number of ether oxygens (including phenoxy) is 3. The number of morpholine rings is 1. The van der Waals surface area contributed by atoms with Crippen molar-refractivity contribution in [2.24, 2.45) is 0 Å². The quantitative estimate of drug-likeness (QED) is 0.844. The van der Waals surface area contributed by atoms with Crippen molar-refractivity contribution in [3.63, 3.8) is 0 Å². The number of anilines is 2. The lowest BCUT2D eigenvalue weighted by molar-refractivity contribution is -0.118. The molecule has 0 aliphatic carbocycles. The highest BCUT2D eigenvalue weighted by Crippen LogP contribution is 2.41. The minimum absolute atomic E-state index is 0.128. The third kappa shape index (κ3) is 4.17. The second kappa shape index (κ2) is 7.63. The molecule has 2 aliphatic rings. The topological polar surface area (TPSA) is 85.8 Å². The van der Waals surface area contributed by atoms with E-state index < -0.39 is 0 Å². The van der Waals surface area contributed by atoms with Gasteiger partial charge in [-0.2, -0.15) is 0 Å².